The van der Waals surface area contributed by atoms with Crippen molar-refractivity contribution in [3.05, 3.63) is 45.5 Å². The number of hydrogen-bond donors (Lipinski definition) is 1. The molecular formula is C27H29Cl2F3N4O4. The van der Waals surface area contributed by atoms with E-state index in [0.29, 0.717) is 24.7 Å². The number of nitrogens with zero attached hydrogens (tertiary/aromatic N) is 4. The Balaban J connectivity index is 1.47. The van der Waals surface area contributed by atoms with E-state index in [1.54, 1.807) is 0 Å². The van der Waals surface area contributed by atoms with E-state index in [2.05, 4.69) is 23.9 Å². The maximum atomic E-state index is 14.5. The Morgan fingerprint density at radius 2 is 1.62 bits per heavy atom. The number of halogens is 5. The van der Waals surface area contributed by atoms with Crippen molar-refractivity contribution in [3.8, 4) is 0 Å². The third-order valence-corrected chi connectivity index (χ3v) is 9.75. The number of aromatic nitrogens is 3. The lowest BCUT2D eigenvalue weighted by atomic mass is 9.86. The highest BCUT2D eigenvalue weighted by atomic mass is 35.5. The number of rotatable bonds is 7. The summed E-state index contributed by atoms with van der Waals surface area (Å²) in [5.41, 5.74) is -1.77. The molecule has 2 unspecified atom stereocenters. The highest BCUT2D eigenvalue weighted by molar-refractivity contribution is 6.39. The van der Waals surface area contributed by atoms with Crippen LogP contribution >= 0.6 is 23.2 Å². The molecule has 2 heterocycles. The van der Waals surface area contributed by atoms with Gasteiger partial charge in [0, 0.05) is 18.4 Å². The van der Waals surface area contributed by atoms with Gasteiger partial charge in [0.15, 0.2) is 11.5 Å². The summed E-state index contributed by atoms with van der Waals surface area (Å²) in [6.45, 7) is 3.74. The van der Waals surface area contributed by atoms with E-state index in [-0.39, 0.29) is 46.7 Å². The number of aliphatic carboxylic acids is 1. The third kappa shape index (κ3) is 5.11. The molecule has 0 aliphatic heterocycles. The van der Waals surface area contributed by atoms with Gasteiger partial charge in [-0.25, -0.2) is 0 Å². The molecule has 3 aliphatic rings. The topological polar surface area (TPSA) is 105 Å². The zero-order chi connectivity index (χ0) is 29.1. The number of carbonyl (C=O) groups excluding carboxylic acids is 2. The first-order valence-electron chi connectivity index (χ1n) is 13.2. The zero-order valence-corrected chi connectivity index (χ0v) is 23.4. The summed E-state index contributed by atoms with van der Waals surface area (Å²) in [6, 6.07) is -1.13. The molecule has 13 heteroatoms. The molecule has 0 aromatic carbocycles. The van der Waals surface area contributed by atoms with Crippen LogP contribution in [0.25, 0.3) is 0 Å². The van der Waals surface area contributed by atoms with Gasteiger partial charge in [-0.05, 0) is 55.8 Å². The standard InChI is InChI=1S/C27H29Cl2F3N4O4/c1-26(2)17-7-15(8-18(17)26)35(12-21(37)22-19(28)10-33-11-20(22)29)24(38)16-9-34-36(23(16)27(30,31)32)14-5-3-13(4-6-14)25(39)40/h9-11,13-15,17-18H,3-8,12H2,1-2H3,(H,39,40)/t13-,14-,15?,17-,18?/m1/s1. The average molecular weight is 601 g/mol. The Kier molecular flexibility index (Phi) is 7.44. The Labute approximate surface area is 238 Å². The monoisotopic (exact) mass is 600 g/mol. The molecule has 3 aliphatic carbocycles. The summed E-state index contributed by atoms with van der Waals surface area (Å²) in [4.78, 5) is 43.6. The van der Waals surface area contributed by atoms with E-state index >= 15 is 0 Å². The summed E-state index contributed by atoms with van der Waals surface area (Å²) >= 11 is 12.3. The van der Waals surface area contributed by atoms with Gasteiger partial charge in [0.25, 0.3) is 5.91 Å². The summed E-state index contributed by atoms with van der Waals surface area (Å²) in [7, 11) is 0. The number of ketones is 1. The van der Waals surface area contributed by atoms with Crippen molar-refractivity contribution in [1.29, 1.82) is 0 Å². The lowest BCUT2D eigenvalue weighted by molar-refractivity contribution is -0.147. The minimum Gasteiger partial charge on any atom is -0.481 e. The summed E-state index contributed by atoms with van der Waals surface area (Å²) < 4.78 is 44.2. The van der Waals surface area contributed by atoms with Gasteiger partial charge in [0.05, 0.1) is 45.9 Å². The predicted octanol–water partition coefficient (Wildman–Crippen LogP) is 6.18. The molecule has 2 aromatic rings. The van der Waals surface area contributed by atoms with Gasteiger partial charge in [-0.3, -0.25) is 24.0 Å². The van der Waals surface area contributed by atoms with E-state index in [4.69, 9.17) is 23.2 Å². The van der Waals surface area contributed by atoms with Crippen molar-refractivity contribution in [2.24, 2.45) is 23.2 Å². The maximum absolute atomic E-state index is 14.5. The van der Waals surface area contributed by atoms with E-state index in [1.807, 2.05) is 0 Å². The van der Waals surface area contributed by atoms with Crippen LogP contribution in [0.2, 0.25) is 10.0 Å². The second-order valence-electron chi connectivity index (χ2n) is 11.7. The van der Waals surface area contributed by atoms with Gasteiger partial charge in [-0.2, -0.15) is 18.3 Å². The van der Waals surface area contributed by atoms with Crippen LogP contribution in [-0.2, 0) is 11.0 Å². The molecule has 3 saturated carbocycles. The van der Waals surface area contributed by atoms with Crippen LogP contribution in [0, 0.1) is 23.2 Å². The van der Waals surface area contributed by atoms with Gasteiger partial charge < -0.3 is 10.0 Å². The van der Waals surface area contributed by atoms with Crippen LogP contribution < -0.4 is 0 Å². The van der Waals surface area contributed by atoms with Gasteiger partial charge in [-0.1, -0.05) is 37.0 Å². The van der Waals surface area contributed by atoms with Gasteiger partial charge in [-0.15, -0.1) is 0 Å². The van der Waals surface area contributed by atoms with Crippen molar-refractivity contribution in [2.75, 3.05) is 6.54 Å². The fourth-order valence-electron chi connectivity index (χ4n) is 6.81. The highest BCUT2D eigenvalue weighted by Gasteiger charge is 2.63. The van der Waals surface area contributed by atoms with Crippen molar-refractivity contribution in [2.45, 2.75) is 70.6 Å². The average Bonchev–Trinajstić information content (AvgIpc) is 3.31. The Bertz CT molecular complexity index is 1320. The van der Waals surface area contributed by atoms with E-state index in [1.165, 1.54) is 17.3 Å². The summed E-state index contributed by atoms with van der Waals surface area (Å²) in [6.07, 6.45) is 0.457. The normalized spacial score (nSPS) is 27.2. The van der Waals surface area contributed by atoms with Crippen molar-refractivity contribution >= 4 is 40.9 Å². The van der Waals surface area contributed by atoms with E-state index < -0.39 is 59.6 Å². The predicted molar refractivity (Wildman–Crippen MR) is 139 cm³/mol. The van der Waals surface area contributed by atoms with Crippen LogP contribution in [0.3, 0.4) is 0 Å². The largest absolute Gasteiger partial charge is 0.481 e. The van der Waals surface area contributed by atoms with Crippen molar-refractivity contribution in [1.82, 2.24) is 19.7 Å². The molecule has 40 heavy (non-hydrogen) atoms. The SMILES string of the molecule is CC1(C)C2CC(N(CC(=O)c3c(Cl)cncc3Cl)C(=O)c3cnn([C@H]4CC[C@H](C(=O)O)CC4)c3C(F)(F)F)C[C@H]21. The number of fused-ring (bicyclic) bond motifs is 1. The molecule has 3 fully saturated rings. The Morgan fingerprint density at radius 3 is 2.15 bits per heavy atom. The number of alkyl halides is 3. The second kappa shape index (κ2) is 10.3. The number of Topliss-reactive ketones (excluding diaryl/α,β-unsaturated/α-hetero) is 1. The third-order valence-electron chi connectivity index (χ3n) is 9.17. The molecule has 1 N–H and O–H groups in total. The molecule has 0 bridgehead atoms. The first-order valence-corrected chi connectivity index (χ1v) is 14.0. The minimum absolute atomic E-state index is 0.0129. The summed E-state index contributed by atoms with van der Waals surface area (Å²) in [5.74, 6) is -2.50. The molecule has 8 nitrogen and oxygen atoms in total. The van der Waals surface area contributed by atoms with Crippen LogP contribution in [0.1, 0.15) is 84.8 Å². The quantitative estimate of drug-likeness (QED) is 0.380. The van der Waals surface area contributed by atoms with Gasteiger partial charge in [0.2, 0.25) is 0 Å². The van der Waals surface area contributed by atoms with Crippen LogP contribution in [0.15, 0.2) is 18.6 Å². The van der Waals surface area contributed by atoms with Crippen LogP contribution in [0.5, 0.6) is 0 Å². The molecule has 0 saturated heterocycles. The molecule has 1 amide bonds. The van der Waals surface area contributed by atoms with Crippen LogP contribution in [-0.4, -0.2) is 55.0 Å². The fraction of sp³-hybridized carbons (Fsp3) is 0.593. The number of amides is 1. The number of pyridine rings is 1. The number of carbonyl (C=O) groups is 3. The van der Waals surface area contributed by atoms with Crippen molar-refractivity contribution < 1.29 is 32.7 Å². The molecule has 2 aromatic heterocycles. The molecule has 5 rings (SSSR count). The molecular weight excluding hydrogens is 572 g/mol. The number of carboxylic acid groups (broad SMARTS) is 1. The number of hydrogen-bond acceptors (Lipinski definition) is 5. The Hall–Kier alpha value is -2.66. The first-order chi connectivity index (χ1) is 18.7. The maximum Gasteiger partial charge on any atom is 0.433 e. The smallest absolute Gasteiger partial charge is 0.433 e. The number of carboxylic acids is 1. The lowest BCUT2D eigenvalue weighted by Gasteiger charge is -2.32. The highest BCUT2D eigenvalue weighted by Crippen LogP contribution is 2.67. The van der Waals surface area contributed by atoms with Gasteiger partial charge >= 0.3 is 12.1 Å². The lowest BCUT2D eigenvalue weighted by Crippen LogP contribution is -2.44. The minimum atomic E-state index is -4.90. The molecule has 216 valence electrons. The Morgan fingerprint density at radius 1 is 1.05 bits per heavy atom. The van der Waals surface area contributed by atoms with Crippen molar-refractivity contribution in [3.63, 3.8) is 0 Å². The first kappa shape index (κ1) is 28.9. The summed E-state index contributed by atoms with van der Waals surface area (Å²) in [5, 5.41) is 13.2. The molecule has 3 atom stereocenters. The van der Waals surface area contributed by atoms with E-state index in [9.17, 15) is 32.7 Å². The zero-order valence-electron chi connectivity index (χ0n) is 21.9. The second-order valence-corrected chi connectivity index (χ2v) is 12.5. The van der Waals surface area contributed by atoms with Gasteiger partial charge in [0.1, 0.15) is 0 Å². The molecule has 0 spiro atoms. The van der Waals surface area contributed by atoms with Crippen LogP contribution in [0.4, 0.5) is 13.2 Å². The van der Waals surface area contributed by atoms with E-state index in [0.717, 1.165) is 10.9 Å². The fourth-order valence-corrected chi connectivity index (χ4v) is 7.38. The molecule has 0 radical (unpaired) electrons.